The van der Waals surface area contributed by atoms with Gasteiger partial charge in [-0.25, -0.2) is 9.37 Å². The molecular weight excluding hydrogens is 467 g/mol. The van der Waals surface area contributed by atoms with Crippen molar-refractivity contribution >= 4 is 39.1 Å². The first-order valence-electron chi connectivity index (χ1n) is 8.51. The molecule has 148 valence electrons. The lowest BCUT2D eigenvalue weighted by Crippen LogP contribution is -2.00. The quantitative estimate of drug-likeness (QED) is 0.436. The molecule has 0 atom stereocenters. The van der Waals surface area contributed by atoms with E-state index in [9.17, 15) is 9.18 Å². The summed E-state index contributed by atoms with van der Waals surface area (Å²) in [6, 6.07) is 4.51. The molecule has 0 aliphatic carbocycles. The zero-order chi connectivity index (χ0) is 20.7. The van der Waals surface area contributed by atoms with Crippen molar-refractivity contribution in [3.8, 4) is 23.0 Å². The molecule has 10 heteroatoms. The molecule has 0 aliphatic rings. The summed E-state index contributed by atoms with van der Waals surface area (Å²) < 4.78 is 22.3. The Labute approximate surface area is 177 Å². The summed E-state index contributed by atoms with van der Waals surface area (Å²) in [4.78, 5) is 19.5. The molecule has 0 radical (unpaired) electrons. The van der Waals surface area contributed by atoms with E-state index in [2.05, 4.69) is 31.1 Å². The van der Waals surface area contributed by atoms with Gasteiger partial charge in [0.2, 0.25) is 5.82 Å². The predicted octanol–water partition coefficient (Wildman–Crippen LogP) is 4.93. The number of imidazole rings is 1. The van der Waals surface area contributed by atoms with Gasteiger partial charge in [-0.05, 0) is 58.6 Å². The minimum atomic E-state index is -1.01. The number of halogens is 3. The van der Waals surface area contributed by atoms with Crippen molar-refractivity contribution in [1.82, 2.24) is 19.5 Å². The maximum atomic E-state index is 14.4. The summed E-state index contributed by atoms with van der Waals surface area (Å²) in [5, 5.41) is 12.9. The van der Waals surface area contributed by atoms with Crippen LogP contribution in [0.3, 0.4) is 0 Å². The molecule has 0 bridgehead atoms. The normalized spacial score (nSPS) is 11.3. The Bertz CT molecular complexity index is 1250. The Morgan fingerprint density at radius 3 is 2.86 bits per heavy atom. The van der Waals surface area contributed by atoms with Crippen molar-refractivity contribution < 1.29 is 18.8 Å². The van der Waals surface area contributed by atoms with Crippen LogP contribution < -0.4 is 0 Å². The number of rotatable bonds is 5. The minimum absolute atomic E-state index is 0.0359. The van der Waals surface area contributed by atoms with Crippen LogP contribution in [0.25, 0.3) is 28.6 Å². The number of nitrogens with zero attached hydrogens (tertiary/aromatic N) is 4. The highest BCUT2D eigenvalue weighted by atomic mass is 79.9. The second-order valence-electron chi connectivity index (χ2n) is 6.46. The number of benzene rings is 1. The van der Waals surface area contributed by atoms with Crippen LogP contribution in [0.4, 0.5) is 4.39 Å². The third-order valence-corrected chi connectivity index (χ3v) is 5.17. The maximum absolute atomic E-state index is 14.4. The smallest absolute Gasteiger partial charge is 0.303 e. The molecule has 0 aliphatic heterocycles. The van der Waals surface area contributed by atoms with Gasteiger partial charge in [0, 0.05) is 24.4 Å². The SMILES string of the molecule is Cc1cc(Br)c2nc(-c3nc(-c4cc(F)c(CCC(=O)O)cc4Cl)no3)cn2c1. The number of carboxylic acid groups (broad SMARTS) is 1. The number of pyridine rings is 1. The minimum Gasteiger partial charge on any atom is -0.481 e. The highest BCUT2D eigenvalue weighted by molar-refractivity contribution is 9.10. The number of carboxylic acids is 1. The Morgan fingerprint density at radius 2 is 2.10 bits per heavy atom. The summed E-state index contributed by atoms with van der Waals surface area (Å²) in [5.74, 6) is -1.31. The Hall–Kier alpha value is -2.78. The molecule has 0 saturated carbocycles. The van der Waals surface area contributed by atoms with Crippen molar-refractivity contribution in [3.63, 3.8) is 0 Å². The Kier molecular flexibility index (Phi) is 5.10. The first-order valence-corrected chi connectivity index (χ1v) is 9.68. The van der Waals surface area contributed by atoms with Crippen LogP contribution in [0.1, 0.15) is 17.5 Å². The number of carbonyl (C=O) groups is 1. The summed E-state index contributed by atoms with van der Waals surface area (Å²) in [5.41, 5.74) is 2.66. The third kappa shape index (κ3) is 3.88. The van der Waals surface area contributed by atoms with Crippen molar-refractivity contribution in [1.29, 1.82) is 0 Å². The monoisotopic (exact) mass is 478 g/mol. The molecule has 4 rings (SSSR count). The summed E-state index contributed by atoms with van der Waals surface area (Å²) in [6.07, 6.45) is 3.51. The van der Waals surface area contributed by atoms with E-state index < -0.39 is 11.8 Å². The van der Waals surface area contributed by atoms with Gasteiger partial charge in [-0.2, -0.15) is 4.98 Å². The van der Waals surface area contributed by atoms with Gasteiger partial charge in [0.05, 0.1) is 9.50 Å². The lowest BCUT2D eigenvalue weighted by Gasteiger charge is -2.05. The molecule has 0 spiro atoms. The number of hydrogen-bond donors (Lipinski definition) is 1. The van der Waals surface area contributed by atoms with E-state index in [-0.39, 0.29) is 40.7 Å². The fourth-order valence-corrected chi connectivity index (χ4v) is 3.85. The standard InChI is InChI=1S/C19H13BrClFN4O3/c1-9-4-12(20)18-23-15(8-26(18)7-9)19-24-17(25-29-19)11-6-14(22)10(5-13(11)21)2-3-16(27)28/h4-8H,2-3H2,1H3,(H,27,28). The summed E-state index contributed by atoms with van der Waals surface area (Å²) >= 11 is 9.72. The van der Waals surface area contributed by atoms with Crippen LogP contribution in [0.5, 0.6) is 0 Å². The molecule has 7 nitrogen and oxygen atoms in total. The van der Waals surface area contributed by atoms with Crippen LogP contribution in [-0.4, -0.2) is 30.6 Å². The molecule has 3 heterocycles. The number of fused-ring (bicyclic) bond motifs is 1. The van der Waals surface area contributed by atoms with Crippen molar-refractivity contribution in [3.05, 3.63) is 57.0 Å². The first kappa shape index (κ1) is 19.5. The third-order valence-electron chi connectivity index (χ3n) is 4.27. The molecule has 0 saturated heterocycles. The highest BCUT2D eigenvalue weighted by Gasteiger charge is 2.19. The van der Waals surface area contributed by atoms with Gasteiger partial charge in [-0.3, -0.25) is 4.79 Å². The van der Waals surface area contributed by atoms with Crippen molar-refractivity contribution in [2.45, 2.75) is 19.8 Å². The molecule has 1 aromatic carbocycles. The topological polar surface area (TPSA) is 93.5 Å². The highest BCUT2D eigenvalue weighted by Crippen LogP contribution is 2.31. The van der Waals surface area contributed by atoms with Crippen LogP contribution in [0.15, 0.2) is 39.6 Å². The van der Waals surface area contributed by atoms with Gasteiger partial charge in [-0.1, -0.05) is 16.8 Å². The van der Waals surface area contributed by atoms with E-state index in [0.717, 1.165) is 10.0 Å². The lowest BCUT2D eigenvalue weighted by molar-refractivity contribution is -0.136. The Morgan fingerprint density at radius 1 is 1.31 bits per heavy atom. The molecule has 1 N–H and O–H groups in total. The maximum Gasteiger partial charge on any atom is 0.303 e. The average Bonchev–Trinajstić information content (AvgIpc) is 3.28. The molecule has 4 aromatic rings. The van der Waals surface area contributed by atoms with Crippen molar-refractivity contribution in [2.75, 3.05) is 0 Å². The molecule has 0 fully saturated rings. The predicted molar refractivity (Wildman–Crippen MR) is 107 cm³/mol. The summed E-state index contributed by atoms with van der Waals surface area (Å²) in [7, 11) is 0. The van der Waals surface area contributed by atoms with E-state index >= 15 is 0 Å². The van der Waals surface area contributed by atoms with Crippen LogP contribution in [0.2, 0.25) is 5.02 Å². The van der Waals surface area contributed by atoms with E-state index in [1.165, 1.54) is 12.1 Å². The fraction of sp³-hybridized carbons (Fsp3) is 0.158. The summed E-state index contributed by atoms with van der Waals surface area (Å²) in [6.45, 7) is 1.96. The number of aliphatic carboxylic acids is 1. The van der Waals surface area contributed by atoms with Gasteiger partial charge in [0.15, 0.2) is 5.65 Å². The Balaban J connectivity index is 1.68. The fourth-order valence-electron chi connectivity index (χ4n) is 2.92. The number of aryl methyl sites for hydroxylation is 2. The van der Waals surface area contributed by atoms with Gasteiger partial charge < -0.3 is 14.0 Å². The molecule has 0 unspecified atom stereocenters. The molecule has 3 aromatic heterocycles. The number of aromatic nitrogens is 4. The van der Waals surface area contributed by atoms with E-state index in [1.54, 1.807) is 6.20 Å². The van der Waals surface area contributed by atoms with E-state index in [4.69, 9.17) is 21.2 Å². The average molecular weight is 480 g/mol. The molecular formula is C19H13BrClFN4O3. The second-order valence-corrected chi connectivity index (χ2v) is 7.72. The van der Waals surface area contributed by atoms with Gasteiger partial charge in [-0.15, -0.1) is 0 Å². The van der Waals surface area contributed by atoms with Crippen LogP contribution in [0, 0.1) is 12.7 Å². The lowest BCUT2D eigenvalue weighted by atomic mass is 10.1. The van der Waals surface area contributed by atoms with Gasteiger partial charge in [0.25, 0.3) is 5.89 Å². The second kappa shape index (κ2) is 7.57. The molecule has 29 heavy (non-hydrogen) atoms. The largest absolute Gasteiger partial charge is 0.481 e. The van der Waals surface area contributed by atoms with Gasteiger partial charge >= 0.3 is 5.97 Å². The molecule has 0 amide bonds. The zero-order valence-corrected chi connectivity index (χ0v) is 17.3. The van der Waals surface area contributed by atoms with E-state index in [0.29, 0.717) is 11.3 Å². The van der Waals surface area contributed by atoms with Crippen molar-refractivity contribution in [2.24, 2.45) is 0 Å². The zero-order valence-electron chi connectivity index (χ0n) is 15.0. The first-order chi connectivity index (χ1) is 13.8. The van der Waals surface area contributed by atoms with Crippen LogP contribution >= 0.6 is 27.5 Å². The number of hydrogen-bond acceptors (Lipinski definition) is 5. The van der Waals surface area contributed by atoms with Crippen LogP contribution in [-0.2, 0) is 11.2 Å². The van der Waals surface area contributed by atoms with Gasteiger partial charge in [0.1, 0.15) is 11.5 Å². The van der Waals surface area contributed by atoms with E-state index in [1.807, 2.05) is 23.6 Å².